The van der Waals surface area contributed by atoms with Crippen LogP contribution in [0, 0.1) is 11.3 Å². The van der Waals surface area contributed by atoms with Gasteiger partial charge in [-0.05, 0) is 32.3 Å². The van der Waals surface area contributed by atoms with Gasteiger partial charge in [0.2, 0.25) is 6.79 Å². The Bertz CT molecular complexity index is 837. The molecule has 3 unspecified atom stereocenters. The molecule has 1 spiro atoms. The van der Waals surface area contributed by atoms with Gasteiger partial charge in [0.25, 0.3) is 0 Å². The molecule has 1 aromatic carbocycles. The molecule has 3 fully saturated rings. The van der Waals surface area contributed by atoms with Gasteiger partial charge in [-0.15, -0.1) is 24.0 Å². The van der Waals surface area contributed by atoms with Crippen LogP contribution >= 0.6 is 24.0 Å². The van der Waals surface area contributed by atoms with Crippen molar-refractivity contribution in [1.29, 1.82) is 0 Å². The number of aliphatic imine (C=N–C) groups is 1. The Morgan fingerprint density at radius 2 is 2.06 bits per heavy atom. The number of guanidine groups is 1. The van der Waals surface area contributed by atoms with Gasteiger partial charge in [0, 0.05) is 42.2 Å². The Labute approximate surface area is 197 Å². The highest BCUT2D eigenvalue weighted by Crippen LogP contribution is 2.62. The molecule has 172 valence electrons. The van der Waals surface area contributed by atoms with E-state index in [0.717, 1.165) is 13.0 Å². The molecule has 7 nitrogen and oxygen atoms in total. The third-order valence-electron chi connectivity index (χ3n) is 6.85. The van der Waals surface area contributed by atoms with Gasteiger partial charge in [-0.25, -0.2) is 4.99 Å². The molecular formula is C21H28F2IN3O4. The third kappa shape index (κ3) is 4.01. The molecule has 0 bridgehead atoms. The summed E-state index contributed by atoms with van der Waals surface area (Å²) in [6.07, 6.45) is 5.04. The topological polar surface area (TPSA) is 73.3 Å². The van der Waals surface area contributed by atoms with Crippen LogP contribution in [0.2, 0.25) is 0 Å². The summed E-state index contributed by atoms with van der Waals surface area (Å²) >= 11 is 0. The SMILES string of the molecule is CCNC(=NCc1cc2c(cc1OC(F)F)OCO2)NC1C2CCOC2C12CCC2.I. The molecule has 10 heteroatoms. The third-order valence-corrected chi connectivity index (χ3v) is 6.85. The molecule has 4 aliphatic rings. The summed E-state index contributed by atoms with van der Waals surface area (Å²) in [5, 5.41) is 6.90. The summed E-state index contributed by atoms with van der Waals surface area (Å²) in [6, 6.07) is 3.44. The molecule has 1 saturated heterocycles. The van der Waals surface area contributed by atoms with Crippen LogP contribution in [0.1, 0.15) is 38.2 Å². The molecule has 0 radical (unpaired) electrons. The standard InChI is InChI=1S/C21H27F2N3O4.HI/c1-2-24-20(26-17-13-4-7-27-18(13)21(17)5-3-6-21)25-10-12-8-15-16(29-11-28-15)9-14(12)30-19(22)23;/h8-9,13,17-19H,2-7,10-11H2,1H3,(H2,24,25,26);1H. The van der Waals surface area contributed by atoms with E-state index in [0.29, 0.717) is 47.6 Å². The molecule has 1 aromatic rings. The number of nitrogens with zero attached hydrogens (tertiary/aromatic N) is 1. The lowest BCUT2D eigenvalue weighted by Gasteiger charge is -2.63. The van der Waals surface area contributed by atoms with Crippen molar-refractivity contribution in [2.45, 2.75) is 57.9 Å². The Kier molecular flexibility index (Phi) is 6.66. The van der Waals surface area contributed by atoms with Crippen LogP contribution in [-0.4, -0.2) is 44.7 Å². The highest BCUT2D eigenvalue weighted by Gasteiger charge is 2.66. The number of benzene rings is 1. The van der Waals surface area contributed by atoms with Crippen molar-refractivity contribution in [2.75, 3.05) is 19.9 Å². The van der Waals surface area contributed by atoms with E-state index in [9.17, 15) is 8.78 Å². The van der Waals surface area contributed by atoms with E-state index >= 15 is 0 Å². The van der Waals surface area contributed by atoms with Crippen LogP contribution in [0.5, 0.6) is 17.2 Å². The van der Waals surface area contributed by atoms with Crippen molar-refractivity contribution in [3.05, 3.63) is 17.7 Å². The van der Waals surface area contributed by atoms with Crippen LogP contribution in [0.25, 0.3) is 0 Å². The van der Waals surface area contributed by atoms with E-state index < -0.39 is 6.61 Å². The van der Waals surface area contributed by atoms with E-state index in [1.165, 1.54) is 25.3 Å². The van der Waals surface area contributed by atoms with Crippen molar-refractivity contribution >= 4 is 29.9 Å². The van der Waals surface area contributed by atoms with Crippen LogP contribution < -0.4 is 24.8 Å². The Morgan fingerprint density at radius 3 is 2.74 bits per heavy atom. The van der Waals surface area contributed by atoms with Gasteiger partial charge in [0.05, 0.1) is 12.6 Å². The van der Waals surface area contributed by atoms with Gasteiger partial charge < -0.3 is 29.6 Å². The normalized spacial score (nSPS) is 27.2. The van der Waals surface area contributed by atoms with Crippen LogP contribution in [0.3, 0.4) is 0 Å². The molecule has 2 heterocycles. The largest absolute Gasteiger partial charge is 0.454 e. The summed E-state index contributed by atoms with van der Waals surface area (Å²) < 4.78 is 47.1. The van der Waals surface area contributed by atoms with Gasteiger partial charge in [-0.3, -0.25) is 0 Å². The average Bonchev–Trinajstić information content (AvgIpc) is 3.29. The summed E-state index contributed by atoms with van der Waals surface area (Å²) in [6.45, 7) is 0.858. The maximum atomic E-state index is 12.9. The van der Waals surface area contributed by atoms with Gasteiger partial charge >= 0.3 is 6.61 Å². The number of rotatable bonds is 6. The van der Waals surface area contributed by atoms with Crippen LogP contribution in [-0.2, 0) is 11.3 Å². The zero-order chi connectivity index (χ0) is 20.7. The van der Waals surface area contributed by atoms with E-state index in [2.05, 4.69) is 15.6 Å². The molecule has 2 saturated carbocycles. The quantitative estimate of drug-likeness (QED) is 0.320. The fourth-order valence-corrected chi connectivity index (χ4v) is 5.38. The number of fused-ring (bicyclic) bond motifs is 3. The number of ether oxygens (including phenoxy) is 4. The Hall–Kier alpha value is -1.56. The first-order valence-electron chi connectivity index (χ1n) is 10.6. The molecule has 0 aromatic heterocycles. The lowest BCUT2D eigenvalue weighted by atomic mass is 9.46. The van der Waals surface area contributed by atoms with Crippen molar-refractivity contribution < 1.29 is 27.7 Å². The van der Waals surface area contributed by atoms with E-state index in [1.54, 1.807) is 6.07 Å². The maximum absolute atomic E-state index is 12.9. The maximum Gasteiger partial charge on any atom is 0.387 e. The number of hydrogen-bond acceptors (Lipinski definition) is 5. The summed E-state index contributed by atoms with van der Waals surface area (Å²) in [4.78, 5) is 4.67. The highest BCUT2D eigenvalue weighted by atomic mass is 127. The van der Waals surface area contributed by atoms with Crippen molar-refractivity contribution in [3.8, 4) is 17.2 Å². The second-order valence-corrected chi connectivity index (χ2v) is 8.34. The lowest BCUT2D eigenvalue weighted by Crippen LogP contribution is -2.72. The molecule has 3 atom stereocenters. The van der Waals surface area contributed by atoms with Gasteiger partial charge in [0.15, 0.2) is 17.5 Å². The second-order valence-electron chi connectivity index (χ2n) is 8.34. The molecule has 2 aliphatic carbocycles. The predicted molar refractivity (Wildman–Crippen MR) is 120 cm³/mol. The number of halogens is 3. The van der Waals surface area contributed by atoms with Crippen molar-refractivity contribution in [1.82, 2.24) is 10.6 Å². The van der Waals surface area contributed by atoms with Crippen molar-refractivity contribution in [3.63, 3.8) is 0 Å². The molecule has 5 rings (SSSR count). The monoisotopic (exact) mass is 551 g/mol. The fraction of sp³-hybridized carbons (Fsp3) is 0.667. The fourth-order valence-electron chi connectivity index (χ4n) is 5.38. The number of nitrogens with one attached hydrogen (secondary N) is 2. The number of alkyl halides is 2. The van der Waals surface area contributed by atoms with Crippen LogP contribution in [0.15, 0.2) is 17.1 Å². The summed E-state index contributed by atoms with van der Waals surface area (Å²) in [5.74, 6) is 2.16. The molecular weight excluding hydrogens is 523 g/mol. The first-order valence-corrected chi connectivity index (χ1v) is 10.6. The Balaban J connectivity index is 0.00000231. The molecule has 2 N–H and O–H groups in total. The van der Waals surface area contributed by atoms with Crippen molar-refractivity contribution in [2.24, 2.45) is 16.3 Å². The van der Waals surface area contributed by atoms with E-state index in [4.69, 9.17) is 18.9 Å². The number of hydrogen-bond donors (Lipinski definition) is 2. The minimum Gasteiger partial charge on any atom is -0.454 e. The molecule has 31 heavy (non-hydrogen) atoms. The van der Waals surface area contributed by atoms with Gasteiger partial charge in [-0.1, -0.05) is 6.42 Å². The zero-order valence-corrected chi connectivity index (χ0v) is 19.7. The molecule has 0 amide bonds. The van der Waals surface area contributed by atoms with Crippen LogP contribution in [0.4, 0.5) is 8.78 Å². The average molecular weight is 551 g/mol. The second kappa shape index (κ2) is 9.13. The molecule has 2 aliphatic heterocycles. The highest BCUT2D eigenvalue weighted by molar-refractivity contribution is 14.0. The smallest absolute Gasteiger partial charge is 0.387 e. The zero-order valence-electron chi connectivity index (χ0n) is 17.4. The first-order chi connectivity index (χ1) is 14.6. The lowest BCUT2D eigenvalue weighted by molar-refractivity contribution is -0.171. The van der Waals surface area contributed by atoms with E-state index in [1.807, 2.05) is 6.92 Å². The summed E-state index contributed by atoms with van der Waals surface area (Å²) in [5.41, 5.74) is 0.742. The van der Waals surface area contributed by atoms with Gasteiger partial charge in [-0.2, -0.15) is 8.78 Å². The minimum absolute atomic E-state index is 0. The first kappa shape index (κ1) is 22.6. The van der Waals surface area contributed by atoms with E-state index in [-0.39, 0.29) is 48.5 Å². The van der Waals surface area contributed by atoms with Gasteiger partial charge in [0.1, 0.15) is 5.75 Å². The Morgan fingerprint density at radius 1 is 1.29 bits per heavy atom. The predicted octanol–water partition coefficient (Wildman–Crippen LogP) is 3.65. The minimum atomic E-state index is -2.92. The summed E-state index contributed by atoms with van der Waals surface area (Å²) in [7, 11) is 0.